The molecule has 0 radical (unpaired) electrons. The SMILES string of the molecule is COC(=O)Cc1nc(CN)cc(C)c1OC(F)(F)F. The average molecular weight is 278 g/mol. The molecule has 0 aromatic carbocycles. The normalized spacial score (nSPS) is 11.3. The molecule has 0 aliphatic heterocycles. The van der Waals surface area contributed by atoms with Crippen molar-refractivity contribution in [1.29, 1.82) is 0 Å². The molecule has 1 aromatic heterocycles. The van der Waals surface area contributed by atoms with Crippen LogP contribution in [0, 0.1) is 6.92 Å². The van der Waals surface area contributed by atoms with Crippen LogP contribution in [-0.4, -0.2) is 24.4 Å². The van der Waals surface area contributed by atoms with Gasteiger partial charge in [-0.1, -0.05) is 0 Å². The number of carbonyl (C=O) groups is 1. The van der Waals surface area contributed by atoms with Crippen LogP contribution in [0.15, 0.2) is 6.07 Å². The van der Waals surface area contributed by atoms with Gasteiger partial charge in [-0.25, -0.2) is 0 Å². The van der Waals surface area contributed by atoms with Crippen molar-refractivity contribution in [3.8, 4) is 5.75 Å². The van der Waals surface area contributed by atoms with E-state index in [0.717, 1.165) is 7.11 Å². The molecule has 19 heavy (non-hydrogen) atoms. The van der Waals surface area contributed by atoms with Crippen LogP contribution in [0.1, 0.15) is 17.0 Å². The smallest absolute Gasteiger partial charge is 0.469 e. The predicted octanol–water partition coefficient (Wildman–Crippen LogP) is 1.46. The molecule has 8 heteroatoms. The molecule has 0 saturated heterocycles. The first-order valence-electron chi connectivity index (χ1n) is 5.29. The van der Waals surface area contributed by atoms with E-state index in [-0.39, 0.29) is 17.8 Å². The van der Waals surface area contributed by atoms with E-state index >= 15 is 0 Å². The van der Waals surface area contributed by atoms with E-state index in [9.17, 15) is 18.0 Å². The molecule has 0 aliphatic rings. The van der Waals surface area contributed by atoms with Crippen molar-refractivity contribution in [3.63, 3.8) is 0 Å². The monoisotopic (exact) mass is 278 g/mol. The second-order valence-corrected chi connectivity index (χ2v) is 3.71. The van der Waals surface area contributed by atoms with Gasteiger partial charge in [0.05, 0.1) is 24.9 Å². The lowest BCUT2D eigenvalue weighted by atomic mass is 10.1. The van der Waals surface area contributed by atoms with Crippen LogP contribution in [0.2, 0.25) is 0 Å². The third-order valence-electron chi connectivity index (χ3n) is 2.25. The fraction of sp³-hybridized carbons (Fsp3) is 0.455. The summed E-state index contributed by atoms with van der Waals surface area (Å²) in [7, 11) is 1.13. The summed E-state index contributed by atoms with van der Waals surface area (Å²) >= 11 is 0. The van der Waals surface area contributed by atoms with Crippen molar-refractivity contribution in [2.75, 3.05) is 7.11 Å². The number of aromatic nitrogens is 1. The molecule has 2 N–H and O–H groups in total. The molecule has 0 bridgehead atoms. The first kappa shape index (κ1) is 15.2. The van der Waals surface area contributed by atoms with Crippen molar-refractivity contribution in [2.24, 2.45) is 5.73 Å². The number of aryl methyl sites for hydroxylation is 1. The van der Waals surface area contributed by atoms with Crippen molar-refractivity contribution >= 4 is 5.97 Å². The zero-order valence-electron chi connectivity index (χ0n) is 10.4. The van der Waals surface area contributed by atoms with Gasteiger partial charge in [0, 0.05) is 6.54 Å². The fourth-order valence-electron chi connectivity index (χ4n) is 1.49. The van der Waals surface area contributed by atoms with Gasteiger partial charge in [0.1, 0.15) is 0 Å². The number of methoxy groups -OCH3 is 1. The highest BCUT2D eigenvalue weighted by Gasteiger charge is 2.33. The van der Waals surface area contributed by atoms with Gasteiger partial charge in [-0.3, -0.25) is 9.78 Å². The Hall–Kier alpha value is -1.83. The van der Waals surface area contributed by atoms with E-state index in [1.54, 1.807) is 0 Å². The maximum atomic E-state index is 12.3. The minimum atomic E-state index is -4.86. The number of hydrogen-bond donors (Lipinski definition) is 1. The summed E-state index contributed by atoms with van der Waals surface area (Å²) in [5.74, 6) is -1.21. The van der Waals surface area contributed by atoms with Crippen molar-refractivity contribution in [2.45, 2.75) is 26.3 Å². The Morgan fingerprint density at radius 2 is 2.11 bits per heavy atom. The molecule has 0 fully saturated rings. The topological polar surface area (TPSA) is 74.4 Å². The maximum Gasteiger partial charge on any atom is 0.573 e. The number of pyridine rings is 1. The molecule has 1 heterocycles. The first-order valence-corrected chi connectivity index (χ1v) is 5.29. The van der Waals surface area contributed by atoms with Gasteiger partial charge < -0.3 is 15.2 Å². The summed E-state index contributed by atoms with van der Waals surface area (Å²) in [6.07, 6.45) is -5.28. The van der Waals surface area contributed by atoms with E-state index in [1.807, 2.05) is 0 Å². The van der Waals surface area contributed by atoms with Gasteiger partial charge >= 0.3 is 12.3 Å². The lowest BCUT2D eigenvalue weighted by Crippen LogP contribution is -2.21. The highest BCUT2D eigenvalue weighted by atomic mass is 19.4. The zero-order chi connectivity index (χ0) is 14.6. The van der Waals surface area contributed by atoms with Crippen molar-refractivity contribution in [3.05, 3.63) is 23.0 Å². The Morgan fingerprint density at radius 3 is 2.58 bits per heavy atom. The fourth-order valence-corrected chi connectivity index (χ4v) is 1.49. The largest absolute Gasteiger partial charge is 0.573 e. The Labute approximate surface area is 107 Å². The third kappa shape index (κ3) is 4.40. The van der Waals surface area contributed by atoms with Gasteiger partial charge in [-0.05, 0) is 18.6 Å². The Bertz CT molecular complexity index is 475. The molecule has 1 rings (SSSR count). The number of carbonyl (C=O) groups excluding carboxylic acids is 1. The molecule has 0 amide bonds. The van der Waals surface area contributed by atoms with Crippen LogP contribution >= 0.6 is 0 Å². The molecule has 106 valence electrons. The Kier molecular flexibility index (Phi) is 4.71. The van der Waals surface area contributed by atoms with Gasteiger partial charge in [0.15, 0.2) is 5.75 Å². The van der Waals surface area contributed by atoms with E-state index in [4.69, 9.17) is 5.73 Å². The summed E-state index contributed by atoms with van der Waals surface area (Å²) < 4.78 is 45.2. The maximum absolute atomic E-state index is 12.3. The van der Waals surface area contributed by atoms with Crippen LogP contribution in [0.3, 0.4) is 0 Å². The number of ether oxygens (including phenoxy) is 2. The first-order chi connectivity index (χ1) is 8.76. The summed E-state index contributed by atoms with van der Waals surface area (Å²) in [6.45, 7) is 1.46. The van der Waals surface area contributed by atoms with Gasteiger partial charge in [-0.2, -0.15) is 0 Å². The summed E-state index contributed by atoms with van der Waals surface area (Å²) in [6, 6.07) is 1.38. The third-order valence-corrected chi connectivity index (χ3v) is 2.25. The summed E-state index contributed by atoms with van der Waals surface area (Å²) in [5, 5.41) is 0. The lowest BCUT2D eigenvalue weighted by molar-refractivity contribution is -0.275. The van der Waals surface area contributed by atoms with Crippen molar-refractivity contribution < 1.29 is 27.4 Å². The minimum absolute atomic E-state index is 0.0430. The van der Waals surface area contributed by atoms with E-state index in [1.165, 1.54) is 13.0 Å². The van der Waals surface area contributed by atoms with Crippen LogP contribution in [0.4, 0.5) is 13.2 Å². The number of nitrogens with two attached hydrogens (primary N) is 1. The van der Waals surface area contributed by atoms with Crippen molar-refractivity contribution in [1.82, 2.24) is 4.98 Å². The molecule has 0 unspecified atom stereocenters. The Balaban J connectivity index is 3.21. The number of alkyl halides is 3. The van der Waals surface area contributed by atoms with Crippen LogP contribution in [0.25, 0.3) is 0 Å². The highest BCUT2D eigenvalue weighted by molar-refractivity contribution is 5.73. The highest BCUT2D eigenvalue weighted by Crippen LogP contribution is 2.29. The van der Waals surface area contributed by atoms with E-state index < -0.39 is 24.5 Å². The molecule has 1 aromatic rings. The summed E-state index contributed by atoms with van der Waals surface area (Å²) in [5.41, 5.74) is 5.81. The van der Waals surface area contributed by atoms with E-state index in [0.29, 0.717) is 5.69 Å². The molecule has 0 saturated carbocycles. The van der Waals surface area contributed by atoms with Gasteiger partial charge in [-0.15, -0.1) is 13.2 Å². The number of rotatable bonds is 4. The standard InChI is InChI=1S/C11H13F3N2O3/c1-6-3-7(5-15)16-8(4-9(17)18-2)10(6)19-11(12,13)14/h3H,4-5,15H2,1-2H3. The van der Waals surface area contributed by atoms with Crippen LogP contribution in [-0.2, 0) is 22.5 Å². The lowest BCUT2D eigenvalue weighted by Gasteiger charge is -2.15. The number of halogens is 3. The van der Waals surface area contributed by atoms with Gasteiger partial charge in [0.2, 0.25) is 0 Å². The van der Waals surface area contributed by atoms with Gasteiger partial charge in [0.25, 0.3) is 0 Å². The zero-order valence-corrected chi connectivity index (χ0v) is 10.4. The van der Waals surface area contributed by atoms with Crippen LogP contribution in [0.5, 0.6) is 5.75 Å². The van der Waals surface area contributed by atoms with Crippen LogP contribution < -0.4 is 10.5 Å². The molecule has 0 aliphatic carbocycles. The minimum Gasteiger partial charge on any atom is -0.469 e. The molecule has 5 nitrogen and oxygen atoms in total. The Morgan fingerprint density at radius 1 is 1.47 bits per heavy atom. The number of esters is 1. The summed E-state index contributed by atoms with van der Waals surface area (Å²) in [4.78, 5) is 15.1. The predicted molar refractivity (Wildman–Crippen MR) is 59.3 cm³/mol. The second-order valence-electron chi connectivity index (χ2n) is 3.71. The quantitative estimate of drug-likeness (QED) is 0.844. The molecule has 0 atom stereocenters. The van der Waals surface area contributed by atoms with E-state index in [2.05, 4.69) is 14.5 Å². The molecular weight excluding hydrogens is 265 g/mol. The molecular formula is C11H13F3N2O3. The number of nitrogens with zero attached hydrogens (tertiary/aromatic N) is 1. The molecule has 0 spiro atoms. The average Bonchev–Trinajstić information content (AvgIpc) is 2.31. The second kappa shape index (κ2) is 5.87. The number of hydrogen-bond acceptors (Lipinski definition) is 5.